The van der Waals surface area contributed by atoms with E-state index in [1.54, 1.807) is 18.3 Å². The van der Waals surface area contributed by atoms with Gasteiger partial charge in [-0.3, -0.25) is 9.78 Å². The van der Waals surface area contributed by atoms with Crippen molar-refractivity contribution in [2.75, 3.05) is 6.61 Å². The molecular formula is C23H23N3O3. The number of rotatable bonds is 8. The molecule has 2 aromatic carbocycles. The molecule has 0 saturated carbocycles. The lowest BCUT2D eigenvalue weighted by Gasteiger charge is -2.12. The van der Waals surface area contributed by atoms with E-state index in [9.17, 15) is 4.79 Å². The van der Waals surface area contributed by atoms with Crippen LogP contribution in [-0.4, -0.2) is 23.7 Å². The Kier molecular flexibility index (Phi) is 6.95. The fraction of sp³-hybridized carbons (Fsp3) is 0.174. The first-order chi connectivity index (χ1) is 14.2. The predicted octanol–water partition coefficient (Wildman–Crippen LogP) is 4.13. The van der Waals surface area contributed by atoms with Crippen LogP contribution in [0.5, 0.6) is 11.5 Å². The molecule has 0 saturated heterocycles. The number of aromatic nitrogens is 1. The monoisotopic (exact) mass is 389 g/mol. The molecule has 0 aliphatic rings. The fourth-order valence-corrected chi connectivity index (χ4v) is 2.56. The summed E-state index contributed by atoms with van der Waals surface area (Å²) in [5, 5.41) is 4.02. The molecule has 0 atom stereocenters. The zero-order valence-corrected chi connectivity index (χ0v) is 16.5. The van der Waals surface area contributed by atoms with Crippen molar-refractivity contribution in [3.63, 3.8) is 0 Å². The van der Waals surface area contributed by atoms with Gasteiger partial charge in [-0.05, 0) is 55.3 Å². The lowest BCUT2D eigenvalue weighted by atomic mass is 10.2. The highest BCUT2D eigenvalue weighted by atomic mass is 16.5. The van der Waals surface area contributed by atoms with Crippen LogP contribution in [0.1, 0.15) is 34.1 Å². The molecule has 1 heterocycles. The molecule has 29 heavy (non-hydrogen) atoms. The number of hydrogen-bond donors (Lipinski definition) is 1. The highest BCUT2D eigenvalue weighted by Gasteiger charge is 2.07. The summed E-state index contributed by atoms with van der Waals surface area (Å²) in [5.74, 6) is 0.964. The van der Waals surface area contributed by atoms with E-state index in [4.69, 9.17) is 9.47 Å². The second-order valence-electron chi connectivity index (χ2n) is 6.30. The molecule has 0 spiro atoms. The van der Waals surface area contributed by atoms with Crippen LogP contribution >= 0.6 is 0 Å². The van der Waals surface area contributed by atoms with Gasteiger partial charge in [0.1, 0.15) is 6.61 Å². The van der Waals surface area contributed by atoms with Gasteiger partial charge in [-0.15, -0.1) is 0 Å². The molecule has 6 nitrogen and oxygen atoms in total. The van der Waals surface area contributed by atoms with Gasteiger partial charge in [-0.25, -0.2) is 5.43 Å². The minimum atomic E-state index is -0.318. The first-order valence-electron chi connectivity index (χ1n) is 9.35. The number of amides is 1. The van der Waals surface area contributed by atoms with Crippen LogP contribution in [0, 0.1) is 6.92 Å². The second-order valence-corrected chi connectivity index (χ2v) is 6.30. The molecule has 0 aliphatic carbocycles. The molecule has 0 aliphatic heterocycles. The summed E-state index contributed by atoms with van der Waals surface area (Å²) in [6, 6.07) is 18.9. The molecule has 0 fully saturated rings. The van der Waals surface area contributed by atoms with Crippen molar-refractivity contribution in [1.29, 1.82) is 0 Å². The summed E-state index contributed by atoms with van der Waals surface area (Å²) in [6.07, 6.45) is 3.08. The van der Waals surface area contributed by atoms with E-state index in [0.29, 0.717) is 30.3 Å². The third-order valence-electron chi connectivity index (χ3n) is 4.06. The molecule has 0 bridgehead atoms. The topological polar surface area (TPSA) is 72.8 Å². The van der Waals surface area contributed by atoms with E-state index in [0.717, 1.165) is 16.8 Å². The lowest BCUT2D eigenvalue weighted by molar-refractivity contribution is 0.0955. The van der Waals surface area contributed by atoms with Crippen molar-refractivity contribution in [1.82, 2.24) is 10.4 Å². The zero-order valence-electron chi connectivity index (χ0n) is 16.5. The minimum Gasteiger partial charge on any atom is -0.490 e. The molecule has 0 unspecified atom stereocenters. The molecule has 3 rings (SSSR count). The van der Waals surface area contributed by atoms with Gasteiger partial charge in [0.2, 0.25) is 0 Å². The van der Waals surface area contributed by atoms with Crippen molar-refractivity contribution in [3.8, 4) is 11.5 Å². The third kappa shape index (κ3) is 5.90. The van der Waals surface area contributed by atoms with Gasteiger partial charge in [0.15, 0.2) is 11.5 Å². The Balaban J connectivity index is 1.64. The van der Waals surface area contributed by atoms with Gasteiger partial charge >= 0.3 is 0 Å². The summed E-state index contributed by atoms with van der Waals surface area (Å²) in [5.41, 5.74) is 5.66. The maximum Gasteiger partial charge on any atom is 0.272 e. The second kappa shape index (κ2) is 10.0. The first kappa shape index (κ1) is 20.1. The largest absolute Gasteiger partial charge is 0.490 e. The van der Waals surface area contributed by atoms with Crippen molar-refractivity contribution in [2.45, 2.75) is 20.5 Å². The Labute approximate surface area is 170 Å². The molecule has 1 amide bonds. The number of carbonyl (C=O) groups excluding carboxylic acids is 1. The van der Waals surface area contributed by atoms with Crippen LogP contribution in [0.2, 0.25) is 0 Å². The first-order valence-corrected chi connectivity index (χ1v) is 9.35. The average molecular weight is 389 g/mol. The van der Waals surface area contributed by atoms with Gasteiger partial charge in [0.05, 0.1) is 18.4 Å². The van der Waals surface area contributed by atoms with Crippen LogP contribution in [0.4, 0.5) is 0 Å². The standard InChI is InChI=1S/C23H23N3O3/c1-3-28-22-13-19(10-12-21(22)29-16-18-7-5-4-6-8-18)14-25-26-23(27)20-11-9-17(2)24-15-20/h4-15H,3,16H2,1-2H3,(H,26,27). The van der Waals surface area contributed by atoms with Gasteiger partial charge in [0, 0.05) is 11.9 Å². The van der Waals surface area contributed by atoms with E-state index in [1.807, 2.05) is 62.4 Å². The predicted molar refractivity (Wildman–Crippen MR) is 112 cm³/mol. The van der Waals surface area contributed by atoms with Crippen molar-refractivity contribution in [2.24, 2.45) is 5.10 Å². The number of hydrazone groups is 1. The number of nitrogens with one attached hydrogen (secondary N) is 1. The summed E-state index contributed by atoms with van der Waals surface area (Å²) in [4.78, 5) is 16.2. The van der Waals surface area contributed by atoms with Crippen molar-refractivity contribution >= 4 is 12.1 Å². The number of hydrogen-bond acceptors (Lipinski definition) is 5. The maximum absolute atomic E-state index is 12.1. The van der Waals surface area contributed by atoms with Gasteiger partial charge in [0.25, 0.3) is 5.91 Å². The number of nitrogens with zero attached hydrogens (tertiary/aromatic N) is 2. The van der Waals surface area contributed by atoms with Crippen LogP contribution in [0.15, 0.2) is 72.0 Å². The van der Waals surface area contributed by atoms with Gasteiger partial charge in [-0.2, -0.15) is 5.10 Å². The molecule has 6 heteroatoms. The van der Waals surface area contributed by atoms with E-state index < -0.39 is 0 Å². The van der Waals surface area contributed by atoms with Crippen LogP contribution in [0.25, 0.3) is 0 Å². The van der Waals surface area contributed by atoms with Crippen LogP contribution < -0.4 is 14.9 Å². The highest BCUT2D eigenvalue weighted by molar-refractivity contribution is 5.94. The number of carbonyl (C=O) groups is 1. The Bertz CT molecular complexity index is 970. The Morgan fingerprint density at radius 2 is 1.90 bits per heavy atom. The summed E-state index contributed by atoms with van der Waals surface area (Å²) in [7, 11) is 0. The van der Waals surface area contributed by atoms with Crippen molar-refractivity contribution in [3.05, 3.63) is 89.2 Å². The SMILES string of the molecule is CCOc1cc(C=NNC(=O)c2ccc(C)nc2)ccc1OCc1ccccc1. The quantitative estimate of drug-likeness (QED) is 0.464. The summed E-state index contributed by atoms with van der Waals surface area (Å²) >= 11 is 0. The Morgan fingerprint density at radius 1 is 1.07 bits per heavy atom. The normalized spacial score (nSPS) is 10.7. The molecule has 1 N–H and O–H groups in total. The number of pyridine rings is 1. The zero-order chi connectivity index (χ0) is 20.5. The molecule has 3 aromatic rings. The molecular weight excluding hydrogens is 366 g/mol. The van der Waals surface area contributed by atoms with E-state index in [2.05, 4.69) is 15.5 Å². The van der Waals surface area contributed by atoms with Crippen molar-refractivity contribution < 1.29 is 14.3 Å². The number of ether oxygens (including phenoxy) is 2. The molecule has 148 valence electrons. The minimum absolute atomic E-state index is 0.318. The average Bonchev–Trinajstić information content (AvgIpc) is 2.74. The van der Waals surface area contributed by atoms with E-state index in [-0.39, 0.29) is 5.91 Å². The number of benzene rings is 2. The van der Waals surface area contributed by atoms with Crippen LogP contribution in [-0.2, 0) is 6.61 Å². The highest BCUT2D eigenvalue weighted by Crippen LogP contribution is 2.28. The van der Waals surface area contributed by atoms with E-state index in [1.165, 1.54) is 6.20 Å². The summed E-state index contributed by atoms with van der Waals surface area (Å²) in [6.45, 7) is 4.75. The lowest BCUT2D eigenvalue weighted by Crippen LogP contribution is -2.17. The van der Waals surface area contributed by atoms with Gasteiger partial charge in [-0.1, -0.05) is 30.3 Å². The maximum atomic E-state index is 12.1. The van der Waals surface area contributed by atoms with Crippen LogP contribution in [0.3, 0.4) is 0 Å². The van der Waals surface area contributed by atoms with E-state index >= 15 is 0 Å². The Hall–Kier alpha value is -3.67. The number of aryl methyl sites for hydroxylation is 1. The fourth-order valence-electron chi connectivity index (χ4n) is 2.56. The molecule has 0 radical (unpaired) electrons. The Morgan fingerprint density at radius 3 is 2.62 bits per heavy atom. The summed E-state index contributed by atoms with van der Waals surface area (Å²) < 4.78 is 11.6. The van der Waals surface area contributed by atoms with Gasteiger partial charge < -0.3 is 9.47 Å². The third-order valence-corrected chi connectivity index (χ3v) is 4.06. The molecule has 1 aromatic heterocycles. The smallest absolute Gasteiger partial charge is 0.272 e.